The summed E-state index contributed by atoms with van der Waals surface area (Å²) in [7, 11) is 0. The first-order valence-electron chi connectivity index (χ1n) is 8.45. The van der Waals surface area contributed by atoms with Crippen LogP contribution in [0.2, 0.25) is 0 Å². The Labute approximate surface area is 147 Å². The van der Waals surface area contributed by atoms with Gasteiger partial charge in [0.25, 0.3) is 5.82 Å². The quantitative estimate of drug-likeness (QED) is 0.803. The predicted octanol–water partition coefficient (Wildman–Crippen LogP) is 2.25. The van der Waals surface area contributed by atoms with Gasteiger partial charge in [0.15, 0.2) is 0 Å². The molecule has 1 saturated heterocycles. The number of halogens is 3. The molecule has 0 aromatic carbocycles. The van der Waals surface area contributed by atoms with Crippen LogP contribution in [0.3, 0.4) is 0 Å². The zero-order valence-electron chi connectivity index (χ0n) is 14.2. The van der Waals surface area contributed by atoms with E-state index in [9.17, 15) is 13.2 Å². The van der Waals surface area contributed by atoms with Crippen molar-refractivity contribution in [1.29, 1.82) is 0 Å². The molecular weight excluding hydrogens is 351 g/mol. The van der Waals surface area contributed by atoms with Crippen molar-refractivity contribution in [2.75, 3.05) is 19.7 Å². The van der Waals surface area contributed by atoms with Gasteiger partial charge in [-0.05, 0) is 31.7 Å². The fraction of sp³-hybridized carbons (Fsp3) is 0.625. The van der Waals surface area contributed by atoms with E-state index in [1.807, 2.05) is 18.0 Å². The van der Waals surface area contributed by atoms with E-state index < -0.39 is 17.6 Å². The lowest BCUT2D eigenvalue weighted by Gasteiger charge is -2.43. The number of fused-ring (bicyclic) bond motifs is 2. The molecule has 2 aliphatic rings. The van der Waals surface area contributed by atoms with E-state index in [1.54, 1.807) is 0 Å². The normalized spacial score (nSPS) is 20.3. The molecule has 10 heteroatoms. The van der Waals surface area contributed by atoms with Gasteiger partial charge in [0, 0.05) is 19.3 Å². The van der Waals surface area contributed by atoms with E-state index in [4.69, 9.17) is 9.26 Å². The molecule has 7 nitrogen and oxygen atoms in total. The van der Waals surface area contributed by atoms with Crippen LogP contribution in [0.1, 0.15) is 41.6 Å². The second kappa shape index (κ2) is 6.27. The molecule has 26 heavy (non-hydrogen) atoms. The molecule has 4 rings (SSSR count). The van der Waals surface area contributed by atoms with E-state index in [2.05, 4.69) is 20.1 Å². The van der Waals surface area contributed by atoms with Crippen molar-refractivity contribution in [3.05, 3.63) is 35.0 Å². The minimum absolute atomic E-state index is 0.0311. The van der Waals surface area contributed by atoms with Gasteiger partial charge in [0.2, 0.25) is 5.89 Å². The predicted molar refractivity (Wildman–Crippen MR) is 81.9 cm³/mol. The molecule has 0 N–H and O–H groups in total. The molecule has 0 unspecified atom stereocenters. The van der Waals surface area contributed by atoms with Crippen LogP contribution < -0.4 is 0 Å². The van der Waals surface area contributed by atoms with Crippen LogP contribution in [-0.2, 0) is 29.5 Å². The first kappa shape index (κ1) is 17.3. The molecular formula is C16H18F3N5O2. The minimum Gasteiger partial charge on any atom is -0.368 e. The summed E-state index contributed by atoms with van der Waals surface area (Å²) in [5, 5.41) is 3.00. The largest absolute Gasteiger partial charge is 0.455 e. The summed E-state index contributed by atoms with van der Waals surface area (Å²) >= 11 is 0. The number of rotatable bonds is 2. The van der Waals surface area contributed by atoms with Gasteiger partial charge < -0.3 is 9.26 Å². The molecule has 0 aliphatic carbocycles. The number of hydrogen-bond acceptors (Lipinski definition) is 7. The van der Waals surface area contributed by atoms with Gasteiger partial charge in [-0.15, -0.1) is 0 Å². The maximum absolute atomic E-state index is 12.6. The van der Waals surface area contributed by atoms with Gasteiger partial charge in [0.05, 0.1) is 18.8 Å². The second-order valence-electron chi connectivity index (χ2n) is 6.67. The minimum atomic E-state index is -4.59. The third kappa shape index (κ3) is 3.18. The van der Waals surface area contributed by atoms with Crippen molar-refractivity contribution in [2.45, 2.75) is 44.5 Å². The van der Waals surface area contributed by atoms with E-state index >= 15 is 0 Å². The molecule has 2 aliphatic heterocycles. The smallest absolute Gasteiger partial charge is 0.368 e. The Bertz CT molecular complexity index is 799. The number of aromatic nitrogens is 4. The lowest BCUT2D eigenvalue weighted by molar-refractivity contribution is -0.146. The van der Waals surface area contributed by atoms with Crippen molar-refractivity contribution < 1.29 is 22.4 Å². The Kier molecular flexibility index (Phi) is 4.19. The lowest BCUT2D eigenvalue weighted by atomic mass is 9.83. The Hall–Kier alpha value is -2.07. The summed E-state index contributed by atoms with van der Waals surface area (Å²) in [5.41, 5.74) is 1.62. The Morgan fingerprint density at radius 2 is 2.00 bits per heavy atom. The Balaban J connectivity index is 1.45. The Morgan fingerprint density at radius 1 is 1.23 bits per heavy atom. The molecule has 2 aromatic rings. The van der Waals surface area contributed by atoms with Crippen LogP contribution in [0.5, 0.6) is 0 Å². The molecule has 0 bridgehead atoms. The number of nitrogens with zero attached hydrogens (tertiary/aromatic N) is 5. The molecule has 4 heterocycles. The summed E-state index contributed by atoms with van der Waals surface area (Å²) in [6.45, 7) is 3.96. The molecule has 140 valence electrons. The van der Waals surface area contributed by atoms with Crippen LogP contribution in [-0.4, -0.2) is 44.7 Å². The molecule has 0 saturated carbocycles. The van der Waals surface area contributed by atoms with Gasteiger partial charge in [-0.25, -0.2) is 9.97 Å². The second-order valence-corrected chi connectivity index (χ2v) is 6.67. The van der Waals surface area contributed by atoms with Crippen LogP contribution >= 0.6 is 0 Å². The lowest BCUT2D eigenvalue weighted by Crippen LogP contribution is -2.47. The standard InChI is InChI=1S/C16H18F3N5O2/c1-10-20-8-11-2-7-25-15(13(11)21-10)3-5-24(6-4-15)9-12-22-14(23-26-12)16(17,18)19/h8H,2-7,9H2,1H3. The average Bonchev–Trinajstić information content (AvgIpc) is 3.07. The summed E-state index contributed by atoms with van der Waals surface area (Å²) in [6.07, 6.45) is -0.521. The first-order chi connectivity index (χ1) is 12.4. The summed E-state index contributed by atoms with van der Waals surface area (Å²) in [5.74, 6) is -0.560. The highest BCUT2D eigenvalue weighted by atomic mass is 19.4. The number of alkyl halides is 3. The van der Waals surface area contributed by atoms with E-state index in [1.165, 1.54) is 0 Å². The van der Waals surface area contributed by atoms with Gasteiger partial charge in [0.1, 0.15) is 11.4 Å². The molecule has 0 amide bonds. The van der Waals surface area contributed by atoms with Crippen molar-refractivity contribution in [2.24, 2.45) is 0 Å². The van der Waals surface area contributed by atoms with Crippen LogP contribution in [0.25, 0.3) is 0 Å². The SMILES string of the molecule is Cc1ncc2c(n1)C1(CCN(Cc3nc(C(F)(F)F)no3)CC1)OCC2. The molecule has 0 atom stereocenters. The number of aryl methyl sites for hydroxylation is 1. The van der Waals surface area contributed by atoms with Crippen LogP contribution in [0.15, 0.2) is 10.7 Å². The zero-order valence-corrected chi connectivity index (χ0v) is 14.2. The fourth-order valence-corrected chi connectivity index (χ4v) is 3.58. The number of hydrogen-bond donors (Lipinski definition) is 0. The highest BCUT2D eigenvalue weighted by Crippen LogP contribution is 2.40. The highest BCUT2D eigenvalue weighted by Gasteiger charge is 2.43. The summed E-state index contributed by atoms with van der Waals surface area (Å²) < 4.78 is 48.5. The van der Waals surface area contributed by atoms with E-state index in [-0.39, 0.29) is 12.4 Å². The highest BCUT2D eigenvalue weighted by molar-refractivity contribution is 5.27. The number of piperidine rings is 1. The van der Waals surface area contributed by atoms with Gasteiger partial charge in [-0.3, -0.25) is 4.90 Å². The van der Waals surface area contributed by atoms with Crippen molar-refractivity contribution in [3.63, 3.8) is 0 Å². The topological polar surface area (TPSA) is 77.2 Å². The summed E-state index contributed by atoms with van der Waals surface area (Å²) in [4.78, 5) is 14.3. The molecule has 1 spiro atoms. The summed E-state index contributed by atoms with van der Waals surface area (Å²) in [6, 6.07) is 0. The number of ether oxygens (including phenoxy) is 1. The third-order valence-corrected chi connectivity index (χ3v) is 4.91. The molecule has 2 aromatic heterocycles. The first-order valence-corrected chi connectivity index (χ1v) is 8.45. The maximum Gasteiger partial charge on any atom is 0.455 e. The third-order valence-electron chi connectivity index (χ3n) is 4.91. The molecule has 1 fully saturated rings. The van der Waals surface area contributed by atoms with E-state index in [0.29, 0.717) is 38.4 Å². The fourth-order valence-electron chi connectivity index (χ4n) is 3.58. The maximum atomic E-state index is 12.6. The van der Waals surface area contributed by atoms with Gasteiger partial charge >= 0.3 is 6.18 Å². The molecule has 0 radical (unpaired) electrons. The van der Waals surface area contributed by atoms with Crippen molar-refractivity contribution in [3.8, 4) is 0 Å². The van der Waals surface area contributed by atoms with Crippen molar-refractivity contribution in [1.82, 2.24) is 25.0 Å². The van der Waals surface area contributed by atoms with Crippen molar-refractivity contribution >= 4 is 0 Å². The zero-order chi connectivity index (χ0) is 18.4. The Morgan fingerprint density at radius 3 is 2.69 bits per heavy atom. The van der Waals surface area contributed by atoms with Gasteiger partial charge in [-0.1, -0.05) is 5.16 Å². The van der Waals surface area contributed by atoms with Crippen LogP contribution in [0, 0.1) is 6.92 Å². The number of likely N-dealkylation sites (tertiary alicyclic amines) is 1. The van der Waals surface area contributed by atoms with E-state index in [0.717, 1.165) is 17.7 Å². The van der Waals surface area contributed by atoms with Gasteiger partial charge in [-0.2, -0.15) is 18.2 Å². The van der Waals surface area contributed by atoms with Crippen LogP contribution in [0.4, 0.5) is 13.2 Å². The average molecular weight is 369 g/mol. The monoisotopic (exact) mass is 369 g/mol.